The van der Waals surface area contributed by atoms with Crippen LogP contribution in [0.15, 0.2) is 29.3 Å². The lowest BCUT2D eigenvalue weighted by molar-refractivity contribution is -0.122. The zero-order valence-corrected chi connectivity index (χ0v) is 16.8. The number of amides is 1. The number of carbonyl (C=O) groups is 1. The summed E-state index contributed by atoms with van der Waals surface area (Å²) in [4.78, 5) is 16.4. The number of carbonyl (C=O) groups excluding carboxylic acids is 1. The predicted molar refractivity (Wildman–Crippen MR) is 109 cm³/mol. The maximum absolute atomic E-state index is 11.6. The molecule has 144 valence electrons. The Morgan fingerprint density at radius 2 is 1.96 bits per heavy atom. The smallest absolute Gasteiger partial charge is 0.223 e. The first-order valence-corrected chi connectivity index (χ1v) is 9.82. The molecule has 0 saturated heterocycles. The first kappa shape index (κ1) is 20.6. The van der Waals surface area contributed by atoms with Crippen molar-refractivity contribution >= 4 is 23.5 Å². The molecule has 0 radical (unpaired) electrons. The van der Waals surface area contributed by atoms with Gasteiger partial charge in [-0.2, -0.15) is 0 Å². The molecule has 26 heavy (non-hydrogen) atoms. The predicted octanol–water partition coefficient (Wildman–Crippen LogP) is 2.99. The SMILES string of the molecule is CCNC(=NCC(C)(C)Cc1cccc(Cl)c1)NCCNC(=O)C1CC1. The zero-order chi connectivity index (χ0) is 19.0. The molecule has 0 aliphatic heterocycles. The van der Waals surface area contributed by atoms with E-state index in [1.165, 1.54) is 5.56 Å². The van der Waals surface area contributed by atoms with Gasteiger partial charge in [0.2, 0.25) is 5.91 Å². The standard InChI is InChI=1S/C20H31ClN4O/c1-4-22-19(24-11-10-23-18(26)16-8-9-16)25-14-20(2,3)13-15-6-5-7-17(21)12-15/h5-7,12,16H,4,8-11,13-14H2,1-3H3,(H,23,26)(H2,22,24,25). The third-order valence-corrected chi connectivity index (χ3v) is 4.48. The first-order valence-electron chi connectivity index (χ1n) is 9.44. The number of aliphatic imine (C=N–C) groups is 1. The summed E-state index contributed by atoms with van der Waals surface area (Å²) in [6.45, 7) is 9.24. The van der Waals surface area contributed by atoms with E-state index in [2.05, 4.69) is 35.9 Å². The van der Waals surface area contributed by atoms with E-state index >= 15 is 0 Å². The summed E-state index contributed by atoms with van der Waals surface area (Å²) in [6.07, 6.45) is 2.98. The highest BCUT2D eigenvalue weighted by atomic mass is 35.5. The number of guanidine groups is 1. The lowest BCUT2D eigenvalue weighted by atomic mass is 9.86. The molecule has 0 atom stereocenters. The summed E-state index contributed by atoms with van der Waals surface area (Å²) >= 11 is 6.08. The van der Waals surface area contributed by atoms with Gasteiger partial charge in [-0.1, -0.05) is 37.6 Å². The molecule has 1 amide bonds. The average molecular weight is 379 g/mol. The number of halogens is 1. The fourth-order valence-corrected chi connectivity index (χ4v) is 2.96. The molecule has 6 heteroatoms. The second kappa shape index (κ2) is 9.81. The highest BCUT2D eigenvalue weighted by molar-refractivity contribution is 6.30. The van der Waals surface area contributed by atoms with E-state index in [1.807, 2.05) is 25.1 Å². The van der Waals surface area contributed by atoms with Crippen LogP contribution >= 0.6 is 11.6 Å². The molecule has 0 heterocycles. The summed E-state index contributed by atoms with van der Waals surface area (Å²) in [5.74, 6) is 1.22. The third-order valence-electron chi connectivity index (χ3n) is 4.25. The molecular weight excluding hydrogens is 348 g/mol. The van der Waals surface area contributed by atoms with Crippen LogP contribution in [0.1, 0.15) is 39.2 Å². The number of hydrogen-bond acceptors (Lipinski definition) is 2. The van der Waals surface area contributed by atoms with Crippen LogP contribution in [0, 0.1) is 11.3 Å². The van der Waals surface area contributed by atoms with Crippen molar-refractivity contribution in [2.75, 3.05) is 26.2 Å². The van der Waals surface area contributed by atoms with Crippen LogP contribution in [0.4, 0.5) is 0 Å². The first-order chi connectivity index (χ1) is 12.4. The van der Waals surface area contributed by atoms with Crippen molar-refractivity contribution in [3.8, 4) is 0 Å². The molecule has 0 aromatic heterocycles. The molecule has 0 spiro atoms. The van der Waals surface area contributed by atoms with Crippen molar-refractivity contribution in [1.29, 1.82) is 0 Å². The fraction of sp³-hybridized carbons (Fsp3) is 0.600. The van der Waals surface area contributed by atoms with Crippen LogP contribution in [-0.2, 0) is 11.2 Å². The minimum absolute atomic E-state index is 0.0211. The van der Waals surface area contributed by atoms with Gasteiger partial charge < -0.3 is 16.0 Å². The van der Waals surface area contributed by atoms with Crippen LogP contribution in [0.5, 0.6) is 0 Å². The van der Waals surface area contributed by atoms with E-state index in [0.717, 1.165) is 36.8 Å². The number of hydrogen-bond donors (Lipinski definition) is 3. The van der Waals surface area contributed by atoms with Crippen molar-refractivity contribution in [3.63, 3.8) is 0 Å². The number of rotatable bonds is 9. The number of benzene rings is 1. The Morgan fingerprint density at radius 1 is 1.23 bits per heavy atom. The lowest BCUT2D eigenvalue weighted by Gasteiger charge is -2.23. The number of nitrogens with one attached hydrogen (secondary N) is 3. The minimum atomic E-state index is 0.0211. The molecule has 5 nitrogen and oxygen atoms in total. The van der Waals surface area contributed by atoms with Gasteiger partial charge in [-0.3, -0.25) is 9.79 Å². The summed E-state index contributed by atoms with van der Waals surface area (Å²) in [5.41, 5.74) is 1.24. The van der Waals surface area contributed by atoms with Gasteiger partial charge >= 0.3 is 0 Å². The van der Waals surface area contributed by atoms with Crippen molar-refractivity contribution in [2.24, 2.45) is 16.3 Å². The Hall–Kier alpha value is -1.75. The fourth-order valence-electron chi connectivity index (χ4n) is 2.75. The highest BCUT2D eigenvalue weighted by Crippen LogP contribution is 2.28. The van der Waals surface area contributed by atoms with Crippen LogP contribution < -0.4 is 16.0 Å². The molecule has 1 aromatic carbocycles. The summed E-state index contributed by atoms with van der Waals surface area (Å²) < 4.78 is 0. The topological polar surface area (TPSA) is 65.5 Å². The van der Waals surface area contributed by atoms with Crippen molar-refractivity contribution in [2.45, 2.75) is 40.0 Å². The van der Waals surface area contributed by atoms with E-state index in [1.54, 1.807) is 0 Å². The van der Waals surface area contributed by atoms with Crippen molar-refractivity contribution in [1.82, 2.24) is 16.0 Å². The Balaban J connectivity index is 1.80. The normalized spacial score (nSPS) is 14.8. The Bertz CT molecular complexity index is 626. The van der Waals surface area contributed by atoms with E-state index in [9.17, 15) is 4.79 Å². The van der Waals surface area contributed by atoms with Gasteiger partial charge in [0.25, 0.3) is 0 Å². The number of nitrogens with zero attached hydrogens (tertiary/aromatic N) is 1. The van der Waals surface area contributed by atoms with Gasteiger partial charge in [0.15, 0.2) is 5.96 Å². The van der Waals surface area contributed by atoms with E-state index in [0.29, 0.717) is 19.6 Å². The third kappa shape index (κ3) is 7.65. The van der Waals surface area contributed by atoms with Gasteiger partial charge in [0, 0.05) is 37.1 Å². The summed E-state index contributed by atoms with van der Waals surface area (Å²) in [5, 5.41) is 10.3. The van der Waals surface area contributed by atoms with Crippen LogP contribution in [0.25, 0.3) is 0 Å². The minimum Gasteiger partial charge on any atom is -0.357 e. The van der Waals surface area contributed by atoms with Gasteiger partial charge in [-0.15, -0.1) is 0 Å². The van der Waals surface area contributed by atoms with Gasteiger partial charge in [-0.25, -0.2) is 0 Å². The van der Waals surface area contributed by atoms with E-state index in [-0.39, 0.29) is 17.2 Å². The van der Waals surface area contributed by atoms with Gasteiger partial charge in [-0.05, 0) is 49.3 Å². The summed E-state index contributed by atoms with van der Waals surface area (Å²) in [7, 11) is 0. The second-order valence-electron chi connectivity index (χ2n) is 7.66. The van der Waals surface area contributed by atoms with E-state index < -0.39 is 0 Å². The molecule has 0 unspecified atom stereocenters. The molecule has 0 bridgehead atoms. The Morgan fingerprint density at radius 3 is 2.62 bits per heavy atom. The quantitative estimate of drug-likeness (QED) is 0.351. The van der Waals surface area contributed by atoms with Crippen molar-refractivity contribution < 1.29 is 4.79 Å². The molecule has 1 fully saturated rings. The average Bonchev–Trinajstić information content (AvgIpc) is 3.41. The molecule has 1 saturated carbocycles. The Kier molecular flexibility index (Phi) is 7.76. The maximum atomic E-state index is 11.6. The largest absolute Gasteiger partial charge is 0.357 e. The maximum Gasteiger partial charge on any atom is 0.223 e. The van der Waals surface area contributed by atoms with Gasteiger partial charge in [0.05, 0.1) is 0 Å². The molecule has 1 aromatic rings. The van der Waals surface area contributed by atoms with E-state index in [4.69, 9.17) is 16.6 Å². The van der Waals surface area contributed by atoms with Crippen LogP contribution in [-0.4, -0.2) is 38.0 Å². The highest BCUT2D eigenvalue weighted by Gasteiger charge is 2.29. The molecule has 2 rings (SSSR count). The lowest BCUT2D eigenvalue weighted by Crippen LogP contribution is -2.42. The van der Waals surface area contributed by atoms with Gasteiger partial charge in [0.1, 0.15) is 0 Å². The van der Waals surface area contributed by atoms with Crippen LogP contribution in [0.2, 0.25) is 5.02 Å². The molecular formula is C20H31ClN4O. The zero-order valence-electron chi connectivity index (χ0n) is 16.1. The van der Waals surface area contributed by atoms with Crippen molar-refractivity contribution in [3.05, 3.63) is 34.9 Å². The summed E-state index contributed by atoms with van der Waals surface area (Å²) in [6, 6.07) is 7.99. The molecule has 1 aliphatic carbocycles. The second-order valence-corrected chi connectivity index (χ2v) is 8.09. The monoisotopic (exact) mass is 378 g/mol. The molecule has 3 N–H and O–H groups in total. The molecule has 1 aliphatic rings. The van der Waals surface area contributed by atoms with Crippen LogP contribution in [0.3, 0.4) is 0 Å². The Labute approximate surface area is 162 Å².